The molecule has 1 fully saturated rings. The fraction of sp³-hybridized carbons (Fsp3) is 0.455. The number of amides is 2. The van der Waals surface area contributed by atoms with Crippen molar-refractivity contribution in [1.82, 2.24) is 20.2 Å². The van der Waals surface area contributed by atoms with Gasteiger partial charge in [0, 0.05) is 69.1 Å². The van der Waals surface area contributed by atoms with Gasteiger partial charge in [-0.15, -0.1) is 0 Å². The van der Waals surface area contributed by atoms with E-state index in [2.05, 4.69) is 15.3 Å². The van der Waals surface area contributed by atoms with Gasteiger partial charge in [0.2, 0.25) is 0 Å². The first-order chi connectivity index (χ1) is 15.3. The molecule has 4 heterocycles. The van der Waals surface area contributed by atoms with Crippen molar-refractivity contribution in [2.45, 2.75) is 38.8 Å². The molecular formula is C22H25F2N5O3. The minimum atomic E-state index is -2.61. The second kappa shape index (κ2) is 8.78. The molecule has 0 aliphatic carbocycles. The van der Waals surface area contributed by atoms with Crippen molar-refractivity contribution < 1.29 is 23.5 Å². The van der Waals surface area contributed by atoms with Crippen LogP contribution in [0, 0.1) is 6.92 Å². The smallest absolute Gasteiger partial charge is 0.270 e. The van der Waals surface area contributed by atoms with Gasteiger partial charge in [0.25, 0.3) is 17.7 Å². The molecule has 0 aromatic carbocycles. The molecule has 0 atom stereocenters. The number of alkyl halides is 2. The van der Waals surface area contributed by atoms with Crippen LogP contribution in [0.1, 0.15) is 50.4 Å². The number of aromatic nitrogens is 2. The van der Waals surface area contributed by atoms with Crippen LogP contribution in [0.4, 0.5) is 14.6 Å². The van der Waals surface area contributed by atoms with E-state index >= 15 is 0 Å². The number of piperidine rings is 1. The number of aliphatic hydroxyl groups excluding tert-OH is 1. The van der Waals surface area contributed by atoms with Gasteiger partial charge in [-0.1, -0.05) is 0 Å². The Hall–Kier alpha value is -3.14. The Morgan fingerprint density at radius 2 is 2.03 bits per heavy atom. The third-order valence-corrected chi connectivity index (χ3v) is 5.81. The maximum atomic E-state index is 13.4. The fourth-order valence-corrected chi connectivity index (χ4v) is 4.17. The van der Waals surface area contributed by atoms with Gasteiger partial charge in [-0.25, -0.2) is 13.8 Å². The summed E-state index contributed by atoms with van der Waals surface area (Å²) in [6, 6.07) is 3.51. The number of carbonyl (C=O) groups is 2. The lowest BCUT2D eigenvalue weighted by molar-refractivity contribution is -0.0221. The van der Waals surface area contributed by atoms with Crippen molar-refractivity contribution in [3.63, 3.8) is 0 Å². The zero-order valence-electron chi connectivity index (χ0n) is 17.8. The van der Waals surface area contributed by atoms with Crippen molar-refractivity contribution in [2.75, 3.05) is 31.1 Å². The van der Waals surface area contributed by atoms with E-state index in [1.54, 1.807) is 17.2 Å². The van der Waals surface area contributed by atoms with Crippen LogP contribution in [-0.2, 0) is 13.1 Å². The standard InChI is InChI=1S/C22H25F2N5O3/c1-14-10-15(11-27-19(14)28-7-3-22(23,24)4-8-28)12-29-13-17-16(21(29)32)2-5-25-18(17)20(31)26-6-9-30/h2,5,10-11,30H,3-4,6-9,12-13H2,1H3,(H,26,31). The van der Waals surface area contributed by atoms with Crippen LogP contribution in [0.3, 0.4) is 0 Å². The Morgan fingerprint density at radius 3 is 2.72 bits per heavy atom. The number of anilines is 1. The Labute approximate surface area is 184 Å². The number of fused-ring (bicyclic) bond motifs is 1. The molecule has 0 saturated carbocycles. The van der Waals surface area contributed by atoms with Gasteiger partial charge >= 0.3 is 0 Å². The monoisotopic (exact) mass is 445 g/mol. The van der Waals surface area contributed by atoms with Gasteiger partial charge < -0.3 is 20.2 Å². The van der Waals surface area contributed by atoms with Gasteiger partial charge in [-0.3, -0.25) is 14.6 Å². The fourth-order valence-electron chi connectivity index (χ4n) is 4.17. The predicted octanol–water partition coefficient (Wildman–Crippen LogP) is 1.90. The van der Waals surface area contributed by atoms with Crippen molar-refractivity contribution >= 4 is 17.6 Å². The molecule has 0 spiro atoms. The van der Waals surface area contributed by atoms with Crippen LogP contribution < -0.4 is 10.2 Å². The summed E-state index contributed by atoms with van der Waals surface area (Å²) in [4.78, 5) is 37.3. The summed E-state index contributed by atoms with van der Waals surface area (Å²) in [5.41, 5.74) is 2.85. The summed E-state index contributed by atoms with van der Waals surface area (Å²) in [5, 5.41) is 11.5. The van der Waals surface area contributed by atoms with Gasteiger partial charge in [-0.2, -0.15) is 0 Å². The van der Waals surface area contributed by atoms with E-state index in [-0.39, 0.29) is 57.2 Å². The minimum absolute atomic E-state index is 0.105. The lowest BCUT2D eigenvalue weighted by atomic mass is 10.1. The summed E-state index contributed by atoms with van der Waals surface area (Å²) < 4.78 is 26.9. The summed E-state index contributed by atoms with van der Waals surface area (Å²) in [6.07, 6.45) is 2.73. The van der Waals surface area contributed by atoms with Crippen LogP contribution in [0.2, 0.25) is 0 Å². The summed E-state index contributed by atoms with van der Waals surface area (Å²) in [6.45, 7) is 2.86. The van der Waals surface area contributed by atoms with Gasteiger partial charge in [-0.05, 0) is 30.2 Å². The van der Waals surface area contributed by atoms with E-state index in [1.165, 1.54) is 6.20 Å². The Kier molecular flexibility index (Phi) is 6.05. The Balaban J connectivity index is 1.47. The molecule has 2 aromatic rings. The summed E-state index contributed by atoms with van der Waals surface area (Å²) in [7, 11) is 0. The Morgan fingerprint density at radius 1 is 1.28 bits per heavy atom. The molecule has 2 aliphatic rings. The molecule has 2 N–H and O–H groups in total. The number of hydrogen-bond donors (Lipinski definition) is 2. The van der Waals surface area contributed by atoms with Crippen molar-refractivity contribution in [3.05, 3.63) is 52.5 Å². The number of aryl methyl sites for hydroxylation is 1. The maximum Gasteiger partial charge on any atom is 0.270 e. The van der Waals surface area contributed by atoms with Gasteiger partial charge in [0.1, 0.15) is 11.5 Å². The lowest BCUT2D eigenvalue weighted by Crippen LogP contribution is -2.40. The summed E-state index contributed by atoms with van der Waals surface area (Å²) >= 11 is 0. The van der Waals surface area contributed by atoms with E-state index in [4.69, 9.17) is 5.11 Å². The molecule has 8 nitrogen and oxygen atoms in total. The van der Waals surface area contributed by atoms with E-state index in [0.717, 1.165) is 11.1 Å². The number of aliphatic hydroxyl groups is 1. The van der Waals surface area contributed by atoms with Crippen LogP contribution in [0.5, 0.6) is 0 Å². The second-order valence-electron chi connectivity index (χ2n) is 8.15. The largest absolute Gasteiger partial charge is 0.395 e. The molecule has 0 bridgehead atoms. The number of pyridine rings is 2. The molecule has 2 aliphatic heterocycles. The number of halogens is 2. The van der Waals surface area contributed by atoms with E-state index < -0.39 is 11.8 Å². The number of rotatable bonds is 6. The van der Waals surface area contributed by atoms with Crippen molar-refractivity contribution in [2.24, 2.45) is 0 Å². The normalized spacial score (nSPS) is 17.4. The summed E-state index contributed by atoms with van der Waals surface area (Å²) in [5.74, 6) is -2.55. The van der Waals surface area contributed by atoms with Crippen LogP contribution in [0.25, 0.3) is 0 Å². The van der Waals surface area contributed by atoms with E-state index in [1.807, 2.05) is 17.9 Å². The average Bonchev–Trinajstić information content (AvgIpc) is 3.08. The number of nitrogens with zero attached hydrogens (tertiary/aromatic N) is 4. The first kappa shape index (κ1) is 22.1. The first-order valence-electron chi connectivity index (χ1n) is 10.5. The van der Waals surface area contributed by atoms with Crippen LogP contribution in [-0.4, -0.2) is 64.0 Å². The molecule has 0 unspecified atom stereocenters. The Bertz CT molecular complexity index is 1040. The molecule has 4 rings (SSSR count). The third kappa shape index (κ3) is 4.40. The molecular weight excluding hydrogens is 420 g/mol. The molecule has 10 heteroatoms. The number of hydrogen-bond acceptors (Lipinski definition) is 6. The molecule has 0 radical (unpaired) electrons. The highest BCUT2D eigenvalue weighted by Crippen LogP contribution is 2.31. The zero-order chi connectivity index (χ0) is 22.9. The first-order valence-corrected chi connectivity index (χ1v) is 10.5. The highest BCUT2D eigenvalue weighted by Gasteiger charge is 2.35. The van der Waals surface area contributed by atoms with Gasteiger partial charge in [0.15, 0.2) is 0 Å². The minimum Gasteiger partial charge on any atom is -0.395 e. The zero-order valence-corrected chi connectivity index (χ0v) is 17.8. The number of carbonyl (C=O) groups excluding carboxylic acids is 2. The molecule has 1 saturated heterocycles. The quantitative estimate of drug-likeness (QED) is 0.705. The number of nitrogens with one attached hydrogen (secondary N) is 1. The SMILES string of the molecule is Cc1cc(CN2Cc3c(ccnc3C(=O)NCCO)C2=O)cnc1N1CCC(F)(F)CC1. The molecule has 2 aromatic heterocycles. The maximum absolute atomic E-state index is 13.4. The van der Waals surface area contributed by atoms with Crippen molar-refractivity contribution in [1.29, 1.82) is 0 Å². The second-order valence-corrected chi connectivity index (χ2v) is 8.15. The molecule has 2 amide bonds. The topological polar surface area (TPSA) is 98.7 Å². The van der Waals surface area contributed by atoms with Gasteiger partial charge in [0.05, 0.1) is 6.61 Å². The third-order valence-electron chi connectivity index (χ3n) is 5.81. The highest BCUT2D eigenvalue weighted by atomic mass is 19.3. The highest BCUT2D eigenvalue weighted by molar-refractivity contribution is 6.03. The van der Waals surface area contributed by atoms with Crippen LogP contribution >= 0.6 is 0 Å². The van der Waals surface area contributed by atoms with E-state index in [9.17, 15) is 18.4 Å². The van der Waals surface area contributed by atoms with Crippen LogP contribution in [0.15, 0.2) is 24.5 Å². The lowest BCUT2D eigenvalue weighted by Gasteiger charge is -2.33. The molecule has 32 heavy (non-hydrogen) atoms. The average molecular weight is 445 g/mol. The van der Waals surface area contributed by atoms with E-state index in [0.29, 0.717) is 23.5 Å². The van der Waals surface area contributed by atoms with Crippen molar-refractivity contribution in [3.8, 4) is 0 Å². The predicted molar refractivity (Wildman–Crippen MR) is 113 cm³/mol. The molecule has 170 valence electrons.